The number of thioether (sulfide) groups is 2. The van der Waals surface area contributed by atoms with E-state index in [0.717, 1.165) is 0 Å². The molecule has 70 heavy (non-hydrogen) atoms. The van der Waals surface area contributed by atoms with Gasteiger partial charge in [0.05, 0.1) is 144 Å². The average molecular weight is 1120 g/mol. The molecular formula is C35H53F19O14S2. The van der Waals surface area contributed by atoms with Gasteiger partial charge in [0.25, 0.3) is 12.7 Å². The Morgan fingerprint density at radius 2 is 0.614 bits per heavy atom. The number of halogens is 19. The normalized spacial score (nSPS) is 15.7. The van der Waals surface area contributed by atoms with Crippen LogP contribution < -0.4 is 0 Å². The Morgan fingerprint density at radius 3 is 0.857 bits per heavy atom. The maximum atomic E-state index is 14.9. The van der Waals surface area contributed by atoms with Gasteiger partial charge in [-0.3, -0.25) is 9.47 Å². The van der Waals surface area contributed by atoms with Crippen LogP contribution in [0.1, 0.15) is 6.92 Å². The second-order valence-corrected chi connectivity index (χ2v) is 15.7. The molecule has 0 aromatic rings. The highest BCUT2D eigenvalue weighted by Crippen LogP contribution is 2.51. The minimum atomic E-state index is -7.23. The second-order valence-electron chi connectivity index (χ2n) is 13.3. The molecule has 0 aromatic heterocycles. The van der Waals surface area contributed by atoms with Crippen molar-refractivity contribution in [2.24, 2.45) is 0 Å². The van der Waals surface area contributed by atoms with Crippen molar-refractivity contribution in [3.8, 4) is 0 Å². The zero-order valence-corrected chi connectivity index (χ0v) is 38.3. The molecule has 0 aliphatic rings. The van der Waals surface area contributed by atoms with Gasteiger partial charge in [0.15, 0.2) is 0 Å². The van der Waals surface area contributed by atoms with Crippen LogP contribution in [0, 0.1) is 0 Å². The van der Waals surface area contributed by atoms with E-state index in [1.54, 1.807) is 0 Å². The number of alkyl halides is 19. The molecule has 0 aliphatic heterocycles. The highest BCUT2D eigenvalue weighted by Gasteiger charge is 2.76. The molecule has 14 nitrogen and oxygen atoms in total. The number of hydrogen-bond acceptors (Lipinski definition) is 16. The van der Waals surface area contributed by atoms with Crippen LogP contribution in [0.25, 0.3) is 0 Å². The molecular weight excluding hydrogens is 1070 g/mol. The smallest absolute Gasteiger partial charge is 0.394 e. The van der Waals surface area contributed by atoms with Crippen molar-refractivity contribution in [1.82, 2.24) is 0 Å². The Bertz CT molecular complexity index is 1240. The van der Waals surface area contributed by atoms with Crippen molar-refractivity contribution < 1.29 is 150 Å². The van der Waals surface area contributed by atoms with Crippen LogP contribution in [0.4, 0.5) is 83.4 Å². The van der Waals surface area contributed by atoms with E-state index in [2.05, 4.69) is 9.47 Å². The van der Waals surface area contributed by atoms with E-state index in [0.29, 0.717) is 0 Å². The van der Waals surface area contributed by atoms with Crippen LogP contribution in [0.3, 0.4) is 0 Å². The molecule has 4 atom stereocenters. The summed E-state index contributed by atoms with van der Waals surface area (Å²) in [5.74, 6) is -22.7. The summed E-state index contributed by atoms with van der Waals surface area (Å²) in [4.78, 5) is 0. The number of rotatable bonds is 46. The van der Waals surface area contributed by atoms with Crippen LogP contribution in [-0.2, 0) is 56.8 Å². The molecule has 35 heteroatoms. The molecule has 0 saturated carbocycles. The first-order chi connectivity index (χ1) is 32.3. The monoisotopic (exact) mass is 1120 g/mol. The molecule has 4 unspecified atom stereocenters. The molecule has 0 aromatic carbocycles. The van der Waals surface area contributed by atoms with Gasteiger partial charge in [-0.05, 0) is 0 Å². The lowest BCUT2D eigenvalue weighted by Crippen LogP contribution is -2.56. The molecule has 0 heterocycles. The summed E-state index contributed by atoms with van der Waals surface area (Å²) in [6.07, 6.45) is -35.1. The van der Waals surface area contributed by atoms with Crippen molar-refractivity contribution in [3.63, 3.8) is 0 Å². The van der Waals surface area contributed by atoms with Crippen molar-refractivity contribution >= 4 is 23.5 Å². The highest BCUT2D eigenvalue weighted by atomic mass is 32.2. The van der Waals surface area contributed by atoms with E-state index >= 15 is 0 Å². The van der Waals surface area contributed by atoms with Crippen LogP contribution >= 0.6 is 23.5 Å². The minimum absolute atomic E-state index is 0.0128. The summed E-state index contributed by atoms with van der Waals surface area (Å²) >= 11 is -2.40. The topological polar surface area (TPSA) is 151 Å². The first-order valence-electron chi connectivity index (χ1n) is 20.0. The van der Waals surface area contributed by atoms with E-state index in [1.165, 1.54) is 0 Å². The fraction of sp³-hybridized carbons (Fsp3) is 1.00. The zero-order chi connectivity index (χ0) is 53.8. The van der Waals surface area contributed by atoms with Crippen molar-refractivity contribution in [1.29, 1.82) is 0 Å². The summed E-state index contributed by atoms with van der Waals surface area (Å²) in [6.45, 7) is -3.79. The van der Waals surface area contributed by atoms with Crippen LogP contribution in [0.15, 0.2) is 0 Å². The molecule has 2 N–H and O–H groups in total. The Balaban J connectivity index is 6.17. The van der Waals surface area contributed by atoms with Crippen LogP contribution in [-0.4, -0.2) is 225 Å². The van der Waals surface area contributed by atoms with Gasteiger partial charge < -0.3 is 57.6 Å². The number of aliphatic hydroxyl groups excluding tert-OH is 2. The fourth-order valence-electron chi connectivity index (χ4n) is 4.18. The van der Waals surface area contributed by atoms with E-state index in [4.69, 9.17) is 57.6 Å². The third kappa shape index (κ3) is 26.3. The highest BCUT2D eigenvalue weighted by molar-refractivity contribution is 8.00. The molecule has 0 bridgehead atoms. The quantitative estimate of drug-likeness (QED) is 0.0484. The lowest BCUT2D eigenvalue weighted by Gasteiger charge is -2.33. The summed E-state index contributed by atoms with van der Waals surface area (Å²) in [5.41, 5.74) is 0. The Kier molecular flexibility index (Phi) is 33.1. The lowest BCUT2D eigenvalue weighted by molar-refractivity contribution is -0.446. The minimum Gasteiger partial charge on any atom is -0.394 e. The van der Waals surface area contributed by atoms with E-state index in [-0.39, 0.29) is 106 Å². The van der Waals surface area contributed by atoms with Crippen molar-refractivity contribution in [2.45, 2.75) is 78.5 Å². The second kappa shape index (κ2) is 33.7. The van der Waals surface area contributed by atoms with E-state index in [1.807, 2.05) is 0 Å². The molecule has 0 spiro atoms. The fourth-order valence-corrected chi connectivity index (χ4v) is 5.93. The maximum Gasteiger partial charge on any atom is 0.462 e. The summed E-state index contributed by atoms with van der Waals surface area (Å²) < 4.78 is 318. The Hall–Kier alpha value is -1.19. The Labute approximate surface area is 395 Å². The summed E-state index contributed by atoms with van der Waals surface area (Å²) in [6, 6.07) is 0. The van der Waals surface area contributed by atoms with E-state index in [9.17, 15) is 83.4 Å². The first-order valence-corrected chi connectivity index (χ1v) is 22.0. The van der Waals surface area contributed by atoms with Gasteiger partial charge in [0.1, 0.15) is 0 Å². The van der Waals surface area contributed by atoms with Crippen molar-refractivity contribution in [2.75, 3.05) is 144 Å². The third-order valence-corrected chi connectivity index (χ3v) is 9.92. The predicted molar refractivity (Wildman–Crippen MR) is 203 cm³/mol. The number of ether oxygens (including phenoxy) is 12. The SMILES string of the molecule is CC(F)(F)C(F)(F)C(F)(F)OC(F)C(F)(F)SCC(OCCOCCOCCOCCOCCO)C(CSC(F)(F)C(F)OC(F)(F)C(F)(F)C(F)(F)F)OCCOCCOCCOCCOCCO. The van der Waals surface area contributed by atoms with Crippen LogP contribution in [0.2, 0.25) is 0 Å². The third-order valence-electron chi connectivity index (χ3n) is 7.79. The van der Waals surface area contributed by atoms with Gasteiger partial charge in [0, 0.05) is 18.4 Å². The number of hydrogen-bond donors (Lipinski definition) is 2. The predicted octanol–water partition coefficient (Wildman–Crippen LogP) is 6.82. The molecule has 0 rings (SSSR count). The molecule has 0 amide bonds. The Morgan fingerprint density at radius 1 is 0.371 bits per heavy atom. The first kappa shape index (κ1) is 68.8. The van der Waals surface area contributed by atoms with Gasteiger partial charge in [-0.15, -0.1) is 0 Å². The van der Waals surface area contributed by atoms with E-state index < -0.39 is 140 Å². The molecule has 0 fully saturated rings. The largest absolute Gasteiger partial charge is 0.462 e. The van der Waals surface area contributed by atoms with Gasteiger partial charge in [-0.25, -0.2) is 8.78 Å². The van der Waals surface area contributed by atoms with Gasteiger partial charge in [-0.1, -0.05) is 23.5 Å². The van der Waals surface area contributed by atoms with Gasteiger partial charge >= 0.3 is 46.7 Å². The summed E-state index contributed by atoms with van der Waals surface area (Å²) in [7, 11) is 0. The molecule has 0 radical (unpaired) electrons. The molecule has 422 valence electrons. The van der Waals surface area contributed by atoms with Crippen LogP contribution in [0.5, 0.6) is 0 Å². The average Bonchev–Trinajstić information content (AvgIpc) is 3.24. The molecule has 0 aliphatic carbocycles. The zero-order valence-electron chi connectivity index (χ0n) is 36.7. The maximum absolute atomic E-state index is 14.9. The number of aliphatic hydroxyl groups is 2. The van der Waals surface area contributed by atoms with Gasteiger partial charge in [-0.2, -0.15) is 74.6 Å². The lowest BCUT2D eigenvalue weighted by atomic mass is 10.2. The molecule has 0 saturated heterocycles. The summed E-state index contributed by atoms with van der Waals surface area (Å²) in [5, 5.41) is 6.30. The standard InChI is InChI=1S/C35H53F19O14S2/c1-28(38,39)31(44,45)34(51,52)67-26(36)29(40,41)69-22-24(65-20-18-63-16-14-61-12-10-59-8-6-57-4-2-55)25(66-21-19-64-17-15-62-13-11-60-9-7-58-5-3-56)23-70-30(42,43)27(37)68-35(53,54)32(46,47)33(48,49)50/h24-27,55-56H,2-23H2,1H3. The van der Waals surface area contributed by atoms with Crippen molar-refractivity contribution in [3.05, 3.63) is 0 Å². The van der Waals surface area contributed by atoms with Gasteiger partial charge in [0.2, 0.25) is 0 Å².